The Morgan fingerprint density at radius 3 is 1.38 bits per heavy atom. The molecule has 0 amide bonds. The molecule has 0 aliphatic heterocycles. The minimum Gasteiger partial charge on any atom is -0.175 e. The number of benzene rings is 2. The van der Waals surface area contributed by atoms with Gasteiger partial charge in [0.15, 0.2) is 0 Å². The van der Waals surface area contributed by atoms with Crippen LogP contribution in [-0.4, -0.2) is 50.4 Å². The maximum Gasteiger partial charge on any atom is 0.291 e. The topological polar surface area (TPSA) is 113 Å². The molecule has 0 radical (unpaired) electrons. The number of hydrogen-bond donors (Lipinski definition) is 0. The Labute approximate surface area is 133 Å². The highest BCUT2D eigenvalue weighted by Crippen LogP contribution is 2.14. The maximum absolute atomic E-state index is 4.08. The average Bonchev–Trinajstić information content (AvgIpc) is 3.26. The van der Waals surface area contributed by atoms with Crippen LogP contribution >= 0.6 is 0 Å². The molecular weight excluding hydrogens is 308 g/mol. The summed E-state index contributed by atoms with van der Waals surface area (Å²) in [4.78, 5) is 0. The van der Waals surface area contributed by atoms with Crippen molar-refractivity contribution >= 4 is 22.1 Å². The largest absolute Gasteiger partial charge is 0.291 e. The summed E-state index contributed by atoms with van der Waals surface area (Å²) < 4.78 is 2.97. The lowest BCUT2D eigenvalue weighted by atomic mass is 10.3. The molecule has 0 aliphatic carbocycles. The second kappa shape index (κ2) is 4.84. The number of fused-ring (bicyclic) bond motifs is 2. The monoisotopic (exact) mass is 316 g/mol. The zero-order chi connectivity index (χ0) is 15.9. The summed E-state index contributed by atoms with van der Waals surface area (Å²) in [6.45, 7) is 0. The lowest BCUT2D eigenvalue weighted by molar-refractivity contribution is 0.669. The molecule has 5 rings (SSSR count). The molecule has 3 aromatic heterocycles. The van der Waals surface area contributed by atoms with Crippen molar-refractivity contribution in [1.82, 2.24) is 50.4 Å². The highest BCUT2D eigenvalue weighted by molar-refractivity contribution is 5.75. The summed E-state index contributed by atoms with van der Waals surface area (Å²) in [7, 11) is 0. The van der Waals surface area contributed by atoms with Gasteiger partial charge >= 0.3 is 0 Å². The number of hydrogen-bond acceptors (Lipinski definition) is 8. The van der Waals surface area contributed by atoms with E-state index in [1.165, 1.54) is 9.36 Å². The molecule has 0 unspecified atom stereocenters. The molecule has 0 aliphatic rings. The van der Waals surface area contributed by atoms with Crippen molar-refractivity contribution < 1.29 is 0 Å². The predicted octanol–water partition coefficient (Wildman–Crippen LogP) is 0.734. The van der Waals surface area contributed by atoms with Crippen LogP contribution in [-0.2, 0) is 0 Å². The highest BCUT2D eigenvalue weighted by Gasteiger charge is 2.13. The Morgan fingerprint density at radius 2 is 0.917 bits per heavy atom. The van der Waals surface area contributed by atoms with Crippen molar-refractivity contribution in [3.05, 3.63) is 48.5 Å². The van der Waals surface area contributed by atoms with Gasteiger partial charge in [0.1, 0.15) is 11.0 Å². The van der Waals surface area contributed by atoms with Crippen LogP contribution in [0.2, 0.25) is 0 Å². The van der Waals surface area contributed by atoms with Crippen LogP contribution in [0.4, 0.5) is 0 Å². The van der Waals surface area contributed by atoms with E-state index < -0.39 is 0 Å². The summed E-state index contributed by atoms with van der Waals surface area (Å²) in [6, 6.07) is 15.0. The second-order valence-corrected chi connectivity index (χ2v) is 4.98. The maximum atomic E-state index is 4.08. The van der Waals surface area contributed by atoms with Gasteiger partial charge in [-0.1, -0.05) is 34.7 Å². The standard InChI is InChI=1S/C14H8N10/c1-3-7-11-9(5-1)15-21-23(11)13-17-19-14(20-18-13)24-12-8-4-2-6-10(12)16-22-24/h1-8H. The van der Waals surface area contributed by atoms with Gasteiger partial charge in [0.25, 0.3) is 11.9 Å². The van der Waals surface area contributed by atoms with E-state index in [1.807, 2.05) is 48.5 Å². The smallest absolute Gasteiger partial charge is 0.175 e. The van der Waals surface area contributed by atoms with Crippen molar-refractivity contribution in [3.8, 4) is 11.9 Å². The molecule has 3 heterocycles. The van der Waals surface area contributed by atoms with Gasteiger partial charge in [-0.3, -0.25) is 0 Å². The first-order valence-corrected chi connectivity index (χ1v) is 7.09. The van der Waals surface area contributed by atoms with Crippen LogP contribution < -0.4 is 0 Å². The van der Waals surface area contributed by atoms with Crippen molar-refractivity contribution in [3.63, 3.8) is 0 Å². The van der Waals surface area contributed by atoms with Gasteiger partial charge in [-0.25, -0.2) is 0 Å². The van der Waals surface area contributed by atoms with E-state index in [4.69, 9.17) is 0 Å². The number of para-hydroxylation sites is 2. The quantitative estimate of drug-likeness (QED) is 0.468. The molecule has 0 N–H and O–H groups in total. The average molecular weight is 316 g/mol. The summed E-state index contributed by atoms with van der Waals surface area (Å²) in [5.74, 6) is 0.466. The van der Waals surface area contributed by atoms with E-state index in [0.29, 0.717) is 0 Å². The second-order valence-electron chi connectivity index (χ2n) is 4.98. The highest BCUT2D eigenvalue weighted by atomic mass is 15.5. The Bertz CT molecular complexity index is 1060. The van der Waals surface area contributed by atoms with Crippen LogP contribution in [0.1, 0.15) is 0 Å². The van der Waals surface area contributed by atoms with Gasteiger partial charge in [0.05, 0.1) is 11.0 Å². The zero-order valence-electron chi connectivity index (χ0n) is 12.1. The molecule has 0 fully saturated rings. The Hall–Kier alpha value is -3.82. The molecule has 0 saturated heterocycles. The molecule has 0 atom stereocenters. The summed E-state index contributed by atoms with van der Waals surface area (Å²) >= 11 is 0. The molecular formula is C14H8N10. The first-order valence-electron chi connectivity index (χ1n) is 7.09. The van der Waals surface area contributed by atoms with E-state index in [2.05, 4.69) is 41.0 Å². The third-order valence-corrected chi connectivity index (χ3v) is 3.54. The summed E-state index contributed by atoms with van der Waals surface area (Å²) in [6.07, 6.45) is 0. The van der Waals surface area contributed by atoms with E-state index in [9.17, 15) is 0 Å². The fourth-order valence-electron chi connectivity index (χ4n) is 2.42. The molecule has 0 spiro atoms. The molecule has 114 valence electrons. The first kappa shape index (κ1) is 12.7. The van der Waals surface area contributed by atoms with Gasteiger partial charge < -0.3 is 0 Å². The van der Waals surface area contributed by atoms with Gasteiger partial charge in [-0.05, 0) is 24.3 Å². The fraction of sp³-hybridized carbons (Fsp3) is 0. The minimum atomic E-state index is 0.233. The summed E-state index contributed by atoms with van der Waals surface area (Å²) in [5, 5.41) is 32.5. The van der Waals surface area contributed by atoms with Crippen LogP contribution in [0.25, 0.3) is 34.0 Å². The normalized spacial score (nSPS) is 11.3. The molecule has 0 bridgehead atoms. The van der Waals surface area contributed by atoms with E-state index >= 15 is 0 Å². The van der Waals surface area contributed by atoms with Crippen molar-refractivity contribution in [2.75, 3.05) is 0 Å². The van der Waals surface area contributed by atoms with Gasteiger partial charge in [-0.15, -0.1) is 30.6 Å². The third kappa shape index (κ3) is 1.83. The fourth-order valence-corrected chi connectivity index (χ4v) is 2.42. The number of aromatic nitrogens is 10. The predicted molar refractivity (Wildman–Crippen MR) is 82.5 cm³/mol. The SMILES string of the molecule is c1ccc2c(c1)nnn2-c1nnc(-n2nnc3ccccc32)nn1. The van der Waals surface area contributed by atoms with Crippen LogP contribution in [0.3, 0.4) is 0 Å². The van der Waals surface area contributed by atoms with Gasteiger partial charge in [0.2, 0.25) is 0 Å². The zero-order valence-corrected chi connectivity index (χ0v) is 12.1. The molecule has 10 heteroatoms. The Balaban J connectivity index is 1.60. The lowest BCUT2D eigenvalue weighted by Crippen LogP contribution is -2.11. The molecule has 2 aromatic carbocycles. The number of rotatable bonds is 2. The Morgan fingerprint density at radius 1 is 0.500 bits per heavy atom. The van der Waals surface area contributed by atoms with Crippen LogP contribution in [0.15, 0.2) is 48.5 Å². The van der Waals surface area contributed by atoms with Crippen molar-refractivity contribution in [1.29, 1.82) is 0 Å². The third-order valence-electron chi connectivity index (χ3n) is 3.54. The molecule has 5 aromatic rings. The van der Waals surface area contributed by atoms with Crippen LogP contribution in [0, 0.1) is 0 Å². The van der Waals surface area contributed by atoms with Gasteiger partial charge in [-0.2, -0.15) is 9.36 Å². The molecule has 10 nitrogen and oxygen atoms in total. The number of nitrogens with zero attached hydrogens (tertiary/aromatic N) is 10. The Kier molecular flexibility index (Phi) is 2.56. The van der Waals surface area contributed by atoms with E-state index in [-0.39, 0.29) is 11.9 Å². The summed E-state index contributed by atoms with van der Waals surface area (Å²) in [5.41, 5.74) is 3.04. The van der Waals surface area contributed by atoms with Crippen molar-refractivity contribution in [2.45, 2.75) is 0 Å². The van der Waals surface area contributed by atoms with E-state index in [1.54, 1.807) is 0 Å². The minimum absolute atomic E-state index is 0.233. The van der Waals surface area contributed by atoms with Crippen molar-refractivity contribution in [2.24, 2.45) is 0 Å². The van der Waals surface area contributed by atoms with Gasteiger partial charge in [0, 0.05) is 0 Å². The first-order chi connectivity index (χ1) is 11.9. The van der Waals surface area contributed by atoms with Crippen LogP contribution in [0.5, 0.6) is 0 Å². The lowest BCUT2D eigenvalue weighted by Gasteiger charge is -2.00. The molecule has 24 heavy (non-hydrogen) atoms. The van der Waals surface area contributed by atoms with E-state index in [0.717, 1.165) is 22.1 Å². The molecule has 0 saturated carbocycles.